The van der Waals surface area contributed by atoms with Gasteiger partial charge < -0.3 is 10.4 Å². The smallest absolute Gasteiger partial charge is 0.336 e. The van der Waals surface area contributed by atoms with E-state index in [0.717, 1.165) is 25.7 Å². The second-order valence-electron chi connectivity index (χ2n) is 5.43. The molecule has 1 amide bonds. The summed E-state index contributed by atoms with van der Waals surface area (Å²) in [5, 5.41) is 12.1. The predicted octanol–water partition coefficient (Wildman–Crippen LogP) is 2.84. The molecule has 102 valence electrons. The van der Waals surface area contributed by atoms with E-state index >= 15 is 0 Å². The molecule has 1 aromatic rings. The molecule has 0 saturated heterocycles. The summed E-state index contributed by atoms with van der Waals surface area (Å²) in [6, 6.07) is 6.33. The van der Waals surface area contributed by atoms with E-state index in [4.69, 9.17) is 5.11 Å². The van der Waals surface area contributed by atoms with Crippen molar-refractivity contribution in [3.05, 3.63) is 35.4 Å². The number of carboxylic acids is 1. The number of amides is 1. The Balaban J connectivity index is 2.18. The molecule has 0 aromatic heterocycles. The summed E-state index contributed by atoms with van der Waals surface area (Å²) < 4.78 is 0. The maximum atomic E-state index is 12.3. The van der Waals surface area contributed by atoms with E-state index in [1.54, 1.807) is 18.2 Å². The Bertz CT molecular complexity index is 490. The number of carbonyl (C=O) groups is 2. The summed E-state index contributed by atoms with van der Waals surface area (Å²) >= 11 is 0. The molecule has 1 aliphatic rings. The maximum absolute atomic E-state index is 12.3. The number of hydrogen-bond acceptors (Lipinski definition) is 2. The van der Waals surface area contributed by atoms with Crippen molar-refractivity contribution in [1.29, 1.82) is 0 Å². The minimum absolute atomic E-state index is 0.0550. The summed E-state index contributed by atoms with van der Waals surface area (Å²) in [7, 11) is 0. The van der Waals surface area contributed by atoms with Gasteiger partial charge in [-0.3, -0.25) is 4.79 Å². The predicted molar refractivity (Wildman–Crippen MR) is 72.4 cm³/mol. The molecular formula is C15H19NO3. The van der Waals surface area contributed by atoms with Gasteiger partial charge in [0, 0.05) is 5.54 Å². The summed E-state index contributed by atoms with van der Waals surface area (Å²) in [4.78, 5) is 23.4. The highest BCUT2D eigenvalue weighted by Gasteiger charge is 2.29. The minimum Gasteiger partial charge on any atom is -0.478 e. The minimum atomic E-state index is -1.07. The fraction of sp³-hybridized carbons (Fsp3) is 0.467. The normalized spacial score (nSPS) is 17.7. The van der Waals surface area contributed by atoms with E-state index in [1.807, 2.05) is 6.92 Å². The average molecular weight is 261 g/mol. The van der Waals surface area contributed by atoms with E-state index in [-0.39, 0.29) is 22.6 Å². The molecule has 0 heterocycles. The Morgan fingerprint density at radius 3 is 2.26 bits per heavy atom. The van der Waals surface area contributed by atoms with Crippen molar-refractivity contribution in [3.8, 4) is 0 Å². The van der Waals surface area contributed by atoms with Crippen molar-refractivity contribution < 1.29 is 14.7 Å². The Kier molecular flexibility index (Phi) is 3.88. The van der Waals surface area contributed by atoms with Gasteiger partial charge in [0.2, 0.25) is 0 Å². The van der Waals surface area contributed by atoms with Crippen LogP contribution in [0.25, 0.3) is 0 Å². The maximum Gasteiger partial charge on any atom is 0.336 e. The lowest BCUT2D eigenvalue weighted by atomic mass is 9.83. The third kappa shape index (κ3) is 3.13. The number of benzene rings is 1. The van der Waals surface area contributed by atoms with E-state index in [0.29, 0.717) is 0 Å². The molecule has 0 bridgehead atoms. The molecule has 1 fully saturated rings. The topological polar surface area (TPSA) is 66.4 Å². The van der Waals surface area contributed by atoms with Crippen molar-refractivity contribution in [2.45, 2.75) is 44.6 Å². The Morgan fingerprint density at radius 2 is 1.68 bits per heavy atom. The highest BCUT2D eigenvalue weighted by Crippen LogP contribution is 2.28. The Hall–Kier alpha value is -1.84. The summed E-state index contributed by atoms with van der Waals surface area (Å²) in [6.45, 7) is 2.04. The first-order valence-corrected chi connectivity index (χ1v) is 6.67. The van der Waals surface area contributed by atoms with Crippen LogP contribution in [-0.2, 0) is 0 Å². The molecule has 1 saturated carbocycles. The number of aromatic carboxylic acids is 1. The SMILES string of the molecule is CC1(NC(=O)c2ccccc2C(=O)O)CCCCC1. The molecule has 2 rings (SSSR count). The first-order valence-electron chi connectivity index (χ1n) is 6.67. The second-order valence-corrected chi connectivity index (χ2v) is 5.43. The number of rotatable bonds is 3. The van der Waals surface area contributed by atoms with Gasteiger partial charge in [0.1, 0.15) is 0 Å². The average Bonchev–Trinajstić information content (AvgIpc) is 2.39. The van der Waals surface area contributed by atoms with Crippen LogP contribution < -0.4 is 5.32 Å². The lowest BCUT2D eigenvalue weighted by Crippen LogP contribution is -2.47. The van der Waals surface area contributed by atoms with Gasteiger partial charge in [0.05, 0.1) is 11.1 Å². The van der Waals surface area contributed by atoms with Gasteiger partial charge in [-0.1, -0.05) is 31.4 Å². The number of carbonyl (C=O) groups excluding carboxylic acids is 1. The highest BCUT2D eigenvalue weighted by atomic mass is 16.4. The van der Waals surface area contributed by atoms with Crippen LogP contribution in [-0.4, -0.2) is 22.5 Å². The molecule has 2 N–H and O–H groups in total. The standard InChI is InChI=1S/C15H19NO3/c1-15(9-5-2-6-10-15)16-13(17)11-7-3-4-8-12(11)14(18)19/h3-4,7-8H,2,5-6,9-10H2,1H3,(H,16,17)(H,18,19). The Morgan fingerprint density at radius 1 is 1.11 bits per heavy atom. The number of nitrogens with one attached hydrogen (secondary N) is 1. The van der Waals surface area contributed by atoms with Crippen LogP contribution in [0.3, 0.4) is 0 Å². The summed E-state index contributed by atoms with van der Waals surface area (Å²) in [6.07, 6.45) is 5.33. The molecule has 0 aliphatic heterocycles. The molecule has 0 radical (unpaired) electrons. The Labute approximate surface area is 112 Å². The first-order chi connectivity index (χ1) is 9.02. The molecule has 1 aliphatic carbocycles. The third-order valence-electron chi connectivity index (χ3n) is 3.77. The van der Waals surface area contributed by atoms with Gasteiger partial charge in [-0.15, -0.1) is 0 Å². The van der Waals surface area contributed by atoms with Crippen LogP contribution in [0.15, 0.2) is 24.3 Å². The van der Waals surface area contributed by atoms with Crippen molar-refractivity contribution >= 4 is 11.9 Å². The molecular weight excluding hydrogens is 242 g/mol. The first kappa shape index (κ1) is 13.6. The second kappa shape index (κ2) is 5.43. The molecule has 0 unspecified atom stereocenters. The van der Waals surface area contributed by atoms with Crippen LogP contribution in [0.2, 0.25) is 0 Å². The zero-order chi connectivity index (χ0) is 13.9. The van der Waals surface area contributed by atoms with Crippen LogP contribution in [0.4, 0.5) is 0 Å². The lowest BCUT2D eigenvalue weighted by molar-refractivity contribution is 0.0688. The molecule has 1 aromatic carbocycles. The van der Waals surface area contributed by atoms with Gasteiger partial charge in [0.25, 0.3) is 5.91 Å². The quantitative estimate of drug-likeness (QED) is 0.879. The molecule has 0 atom stereocenters. The fourth-order valence-corrected chi connectivity index (χ4v) is 2.67. The van der Waals surface area contributed by atoms with E-state index in [9.17, 15) is 9.59 Å². The zero-order valence-electron chi connectivity index (χ0n) is 11.1. The van der Waals surface area contributed by atoms with Crippen LogP contribution in [0, 0.1) is 0 Å². The van der Waals surface area contributed by atoms with Crippen molar-refractivity contribution in [2.75, 3.05) is 0 Å². The monoisotopic (exact) mass is 261 g/mol. The van der Waals surface area contributed by atoms with E-state index in [1.165, 1.54) is 12.5 Å². The third-order valence-corrected chi connectivity index (χ3v) is 3.77. The fourth-order valence-electron chi connectivity index (χ4n) is 2.67. The molecule has 19 heavy (non-hydrogen) atoms. The van der Waals surface area contributed by atoms with Crippen molar-refractivity contribution in [1.82, 2.24) is 5.32 Å². The van der Waals surface area contributed by atoms with Gasteiger partial charge in [0.15, 0.2) is 0 Å². The van der Waals surface area contributed by atoms with E-state index in [2.05, 4.69) is 5.32 Å². The lowest BCUT2D eigenvalue weighted by Gasteiger charge is -2.34. The van der Waals surface area contributed by atoms with Crippen molar-refractivity contribution in [2.24, 2.45) is 0 Å². The van der Waals surface area contributed by atoms with Gasteiger partial charge >= 0.3 is 5.97 Å². The van der Waals surface area contributed by atoms with E-state index < -0.39 is 5.97 Å². The molecule has 4 nitrogen and oxygen atoms in total. The van der Waals surface area contributed by atoms with Gasteiger partial charge in [-0.25, -0.2) is 4.79 Å². The zero-order valence-corrected chi connectivity index (χ0v) is 11.1. The highest BCUT2D eigenvalue weighted by molar-refractivity contribution is 6.04. The van der Waals surface area contributed by atoms with Gasteiger partial charge in [-0.05, 0) is 31.9 Å². The van der Waals surface area contributed by atoms with Crippen LogP contribution in [0.5, 0.6) is 0 Å². The van der Waals surface area contributed by atoms with Crippen molar-refractivity contribution in [3.63, 3.8) is 0 Å². The number of carboxylic acid groups (broad SMARTS) is 1. The molecule has 0 spiro atoms. The number of hydrogen-bond donors (Lipinski definition) is 2. The van der Waals surface area contributed by atoms with Gasteiger partial charge in [-0.2, -0.15) is 0 Å². The summed E-state index contributed by atoms with van der Waals surface area (Å²) in [5.41, 5.74) is 0.0854. The summed E-state index contributed by atoms with van der Waals surface area (Å²) in [5.74, 6) is -1.36. The van der Waals surface area contributed by atoms with Crippen LogP contribution in [0.1, 0.15) is 59.7 Å². The van der Waals surface area contributed by atoms with Crippen LogP contribution >= 0.6 is 0 Å². The molecule has 4 heteroatoms. The largest absolute Gasteiger partial charge is 0.478 e.